The van der Waals surface area contributed by atoms with Crippen molar-refractivity contribution >= 4 is 19.2 Å². The van der Waals surface area contributed by atoms with E-state index in [9.17, 15) is 19.3 Å². The maximum Gasteiger partial charge on any atom is 0.326 e. The summed E-state index contributed by atoms with van der Waals surface area (Å²) in [6.45, 7) is 0.813. The zero-order chi connectivity index (χ0) is 23.3. The van der Waals surface area contributed by atoms with Crippen LogP contribution in [-0.4, -0.2) is 65.8 Å². The molecule has 0 aromatic heterocycles. The van der Waals surface area contributed by atoms with Crippen LogP contribution in [0, 0.1) is 0 Å². The van der Waals surface area contributed by atoms with Crippen molar-refractivity contribution in [1.82, 2.24) is 4.90 Å². The predicted octanol–water partition coefficient (Wildman–Crippen LogP) is 3.15. The number of aliphatic carboxylic acids is 1. The van der Waals surface area contributed by atoms with Crippen molar-refractivity contribution in [1.29, 1.82) is 0 Å². The minimum atomic E-state index is -3.42. The molecular weight excluding hydrogens is 445 g/mol. The van der Waals surface area contributed by atoms with Crippen molar-refractivity contribution in [2.24, 2.45) is 0 Å². The Labute approximate surface area is 192 Å². The average Bonchev–Trinajstić information content (AvgIpc) is 3.45. The van der Waals surface area contributed by atoms with E-state index in [1.54, 1.807) is 0 Å². The van der Waals surface area contributed by atoms with Gasteiger partial charge < -0.3 is 24.0 Å². The molecule has 1 spiro atoms. The molecular formula is C24H28NO7P. The van der Waals surface area contributed by atoms with Gasteiger partial charge in [-0.2, -0.15) is 0 Å². The normalized spacial score (nSPS) is 21.2. The molecule has 1 N–H and O–H groups in total. The Morgan fingerprint density at radius 3 is 2.24 bits per heavy atom. The largest absolute Gasteiger partial charge is 0.480 e. The molecule has 1 unspecified atom stereocenters. The number of likely N-dealkylation sites (tertiary alicyclic amines) is 1. The van der Waals surface area contributed by atoms with E-state index in [0.717, 1.165) is 11.1 Å². The molecule has 0 radical (unpaired) electrons. The Hall–Kier alpha value is -2.51. The minimum Gasteiger partial charge on any atom is -0.480 e. The number of carboxylic acids is 1. The van der Waals surface area contributed by atoms with Gasteiger partial charge in [0.2, 0.25) is 13.3 Å². The standard InChI is InChI=1S/C24H28NO7P/c26-22(25-18-24(30-12-13-31-24)15-21(25)23(27)28)17-33(29,14-11-19-7-3-1-4-8-19)32-16-20-9-5-2-6-10-20/h1-10,21H,11-18H2,(H,27,28)/t21-,33?/m0/s1. The highest BCUT2D eigenvalue weighted by atomic mass is 31.2. The molecule has 2 aliphatic heterocycles. The van der Waals surface area contributed by atoms with Crippen LogP contribution in [0.15, 0.2) is 60.7 Å². The topological polar surface area (TPSA) is 102 Å². The third-order valence-electron chi connectivity index (χ3n) is 5.98. The summed E-state index contributed by atoms with van der Waals surface area (Å²) in [4.78, 5) is 26.3. The fraction of sp³-hybridized carbons (Fsp3) is 0.417. The minimum absolute atomic E-state index is 0.000169. The first-order valence-corrected chi connectivity index (χ1v) is 13.0. The Morgan fingerprint density at radius 2 is 1.64 bits per heavy atom. The number of carboxylic acid groups (broad SMARTS) is 1. The molecule has 176 valence electrons. The van der Waals surface area contributed by atoms with Gasteiger partial charge in [0.05, 0.1) is 26.4 Å². The summed E-state index contributed by atoms with van der Waals surface area (Å²) in [5.74, 6) is -2.76. The smallest absolute Gasteiger partial charge is 0.326 e. The quantitative estimate of drug-likeness (QED) is 0.558. The molecule has 4 rings (SSSR count). The van der Waals surface area contributed by atoms with E-state index in [2.05, 4.69) is 0 Å². The van der Waals surface area contributed by atoms with Crippen LogP contribution in [0.4, 0.5) is 0 Å². The van der Waals surface area contributed by atoms with Gasteiger partial charge in [-0.25, -0.2) is 4.79 Å². The Balaban J connectivity index is 1.49. The molecule has 0 saturated carbocycles. The second-order valence-corrected chi connectivity index (χ2v) is 11.0. The molecule has 33 heavy (non-hydrogen) atoms. The molecule has 2 heterocycles. The second kappa shape index (κ2) is 10.2. The molecule has 8 nitrogen and oxygen atoms in total. The Kier molecular flexibility index (Phi) is 7.29. The van der Waals surface area contributed by atoms with Crippen LogP contribution in [-0.2, 0) is 41.2 Å². The first kappa shape index (κ1) is 23.6. The van der Waals surface area contributed by atoms with Crippen LogP contribution in [0.1, 0.15) is 17.5 Å². The van der Waals surface area contributed by atoms with Crippen LogP contribution >= 0.6 is 7.37 Å². The number of rotatable bonds is 9. The van der Waals surface area contributed by atoms with Crippen LogP contribution < -0.4 is 0 Å². The first-order valence-electron chi connectivity index (χ1n) is 11.0. The molecule has 2 aliphatic rings. The fourth-order valence-corrected chi connectivity index (χ4v) is 6.18. The molecule has 2 fully saturated rings. The van der Waals surface area contributed by atoms with E-state index in [1.165, 1.54) is 4.90 Å². The van der Waals surface area contributed by atoms with E-state index in [-0.39, 0.29) is 31.9 Å². The lowest BCUT2D eigenvalue weighted by Crippen LogP contribution is -2.43. The average molecular weight is 473 g/mol. The molecule has 2 aromatic rings. The number of hydrogen-bond acceptors (Lipinski definition) is 6. The van der Waals surface area contributed by atoms with Gasteiger partial charge in [0, 0.05) is 12.6 Å². The maximum absolute atomic E-state index is 13.8. The molecule has 0 aliphatic carbocycles. The van der Waals surface area contributed by atoms with Crippen LogP contribution in [0.25, 0.3) is 0 Å². The van der Waals surface area contributed by atoms with E-state index in [1.807, 2.05) is 60.7 Å². The van der Waals surface area contributed by atoms with E-state index in [0.29, 0.717) is 19.6 Å². The number of benzene rings is 2. The lowest BCUT2D eigenvalue weighted by Gasteiger charge is -2.25. The van der Waals surface area contributed by atoms with E-state index >= 15 is 0 Å². The summed E-state index contributed by atoms with van der Waals surface area (Å²) in [5, 5.41) is 9.67. The van der Waals surface area contributed by atoms with Crippen LogP contribution in [0.5, 0.6) is 0 Å². The van der Waals surface area contributed by atoms with Crippen molar-refractivity contribution < 1.29 is 33.3 Å². The molecule has 2 saturated heterocycles. The number of carbonyl (C=O) groups excluding carboxylic acids is 1. The highest BCUT2D eigenvalue weighted by molar-refractivity contribution is 7.59. The fourth-order valence-electron chi connectivity index (χ4n) is 4.22. The number of carbonyl (C=O) groups is 2. The summed E-state index contributed by atoms with van der Waals surface area (Å²) >= 11 is 0. The molecule has 1 amide bonds. The summed E-state index contributed by atoms with van der Waals surface area (Å²) < 4.78 is 31.0. The van der Waals surface area contributed by atoms with Gasteiger partial charge in [0.25, 0.3) is 0 Å². The van der Waals surface area contributed by atoms with Gasteiger partial charge in [-0.15, -0.1) is 0 Å². The Morgan fingerprint density at radius 1 is 1.03 bits per heavy atom. The van der Waals surface area contributed by atoms with Crippen LogP contribution in [0.3, 0.4) is 0 Å². The highest BCUT2D eigenvalue weighted by Crippen LogP contribution is 2.49. The van der Waals surface area contributed by atoms with Gasteiger partial charge in [-0.3, -0.25) is 9.36 Å². The predicted molar refractivity (Wildman–Crippen MR) is 121 cm³/mol. The van der Waals surface area contributed by atoms with Gasteiger partial charge in [-0.05, 0) is 17.5 Å². The van der Waals surface area contributed by atoms with Crippen molar-refractivity contribution in [2.75, 3.05) is 32.1 Å². The van der Waals surface area contributed by atoms with Crippen molar-refractivity contribution in [3.8, 4) is 0 Å². The summed E-state index contributed by atoms with van der Waals surface area (Å²) in [7, 11) is -3.42. The molecule has 2 atom stereocenters. The second-order valence-electron chi connectivity index (χ2n) is 8.38. The first-order chi connectivity index (χ1) is 15.9. The summed E-state index contributed by atoms with van der Waals surface area (Å²) in [6, 6.07) is 17.8. The van der Waals surface area contributed by atoms with Crippen molar-refractivity contribution in [2.45, 2.75) is 31.3 Å². The van der Waals surface area contributed by atoms with Gasteiger partial charge in [0.1, 0.15) is 12.2 Å². The summed E-state index contributed by atoms with van der Waals surface area (Å²) in [6.07, 6.45) is 0.345. The number of amides is 1. The lowest BCUT2D eigenvalue weighted by molar-refractivity contribution is -0.151. The van der Waals surface area contributed by atoms with E-state index in [4.69, 9.17) is 14.0 Å². The maximum atomic E-state index is 13.8. The van der Waals surface area contributed by atoms with E-state index < -0.39 is 31.1 Å². The number of ether oxygens (including phenoxy) is 2. The number of aryl methyl sites for hydroxylation is 1. The zero-order valence-corrected chi connectivity index (χ0v) is 19.2. The lowest BCUT2D eigenvalue weighted by atomic mass is 10.1. The SMILES string of the molecule is O=C(O)[C@@H]1CC2(CN1C(=O)CP(=O)(CCc1ccccc1)OCc1ccccc1)OCCO2. The van der Waals surface area contributed by atoms with Gasteiger partial charge in [-0.1, -0.05) is 60.7 Å². The zero-order valence-electron chi connectivity index (χ0n) is 18.3. The number of hydrogen-bond donors (Lipinski definition) is 1. The third kappa shape index (κ3) is 5.89. The Bertz CT molecular complexity index is 960. The summed E-state index contributed by atoms with van der Waals surface area (Å²) in [5.41, 5.74) is 1.84. The third-order valence-corrected chi connectivity index (χ3v) is 8.24. The number of nitrogens with zero attached hydrogens (tertiary/aromatic N) is 1. The van der Waals surface area contributed by atoms with Crippen molar-refractivity contribution in [3.63, 3.8) is 0 Å². The highest BCUT2D eigenvalue weighted by Gasteiger charge is 2.53. The monoisotopic (exact) mass is 473 g/mol. The molecule has 2 aromatic carbocycles. The van der Waals surface area contributed by atoms with Gasteiger partial charge >= 0.3 is 5.97 Å². The molecule has 0 bridgehead atoms. The van der Waals surface area contributed by atoms with Crippen LogP contribution in [0.2, 0.25) is 0 Å². The van der Waals surface area contributed by atoms with Crippen molar-refractivity contribution in [3.05, 3.63) is 71.8 Å². The van der Waals surface area contributed by atoms with Gasteiger partial charge in [0.15, 0.2) is 5.79 Å². The molecule has 9 heteroatoms.